The van der Waals surface area contributed by atoms with E-state index in [4.69, 9.17) is 0 Å². The molecule has 2 amide bonds. The molecule has 0 aromatic carbocycles. The third-order valence-electron chi connectivity index (χ3n) is 4.14. The number of amides is 2. The number of thiophene rings is 1. The Labute approximate surface area is 124 Å². The van der Waals surface area contributed by atoms with Crippen LogP contribution < -0.4 is 10.6 Å². The van der Waals surface area contributed by atoms with Crippen LogP contribution in [-0.2, 0) is 0 Å². The zero-order chi connectivity index (χ0) is 14.4. The molecule has 20 heavy (non-hydrogen) atoms. The molecule has 2 rings (SSSR count). The minimum atomic E-state index is -0.113. The number of aliphatic hydroxyl groups is 1. The van der Waals surface area contributed by atoms with Crippen LogP contribution in [0.5, 0.6) is 0 Å². The molecule has 0 radical (unpaired) electrons. The molecule has 4 nitrogen and oxygen atoms in total. The highest BCUT2D eigenvalue weighted by Gasteiger charge is 2.25. The summed E-state index contributed by atoms with van der Waals surface area (Å²) in [5.41, 5.74) is 1.27. The highest BCUT2D eigenvalue weighted by atomic mass is 32.1. The van der Waals surface area contributed by atoms with Crippen molar-refractivity contribution in [3.8, 4) is 0 Å². The largest absolute Gasteiger partial charge is 0.396 e. The first-order chi connectivity index (χ1) is 9.70. The molecule has 5 heteroatoms. The topological polar surface area (TPSA) is 61.4 Å². The van der Waals surface area contributed by atoms with Crippen molar-refractivity contribution >= 4 is 17.4 Å². The second kappa shape index (κ2) is 7.64. The summed E-state index contributed by atoms with van der Waals surface area (Å²) in [6.45, 7) is 2.91. The van der Waals surface area contributed by atoms with Gasteiger partial charge in [0.25, 0.3) is 0 Å². The Morgan fingerprint density at radius 2 is 2.30 bits per heavy atom. The number of carbonyl (C=O) groups excluding carboxylic acids is 1. The fourth-order valence-corrected chi connectivity index (χ4v) is 3.54. The number of aliphatic hydroxyl groups excluding tert-OH is 1. The quantitative estimate of drug-likeness (QED) is 0.782. The van der Waals surface area contributed by atoms with Crippen LogP contribution in [0.1, 0.15) is 44.1 Å². The molecule has 0 spiro atoms. The van der Waals surface area contributed by atoms with Crippen molar-refractivity contribution in [3.05, 3.63) is 22.4 Å². The first kappa shape index (κ1) is 15.3. The van der Waals surface area contributed by atoms with E-state index < -0.39 is 0 Å². The average molecular weight is 296 g/mol. The second-order valence-corrected chi connectivity index (χ2v) is 6.43. The molecule has 0 saturated heterocycles. The zero-order valence-electron chi connectivity index (χ0n) is 12.0. The molecule has 0 unspecified atom stereocenters. The van der Waals surface area contributed by atoms with E-state index in [1.807, 2.05) is 0 Å². The van der Waals surface area contributed by atoms with Gasteiger partial charge in [-0.2, -0.15) is 11.3 Å². The molecule has 3 N–H and O–H groups in total. The summed E-state index contributed by atoms with van der Waals surface area (Å²) in [4.78, 5) is 11.9. The maximum atomic E-state index is 11.9. The fourth-order valence-electron chi connectivity index (χ4n) is 2.75. The van der Waals surface area contributed by atoms with Crippen molar-refractivity contribution < 1.29 is 9.90 Å². The lowest BCUT2D eigenvalue weighted by atomic mass is 9.85. The first-order valence-electron chi connectivity index (χ1n) is 7.38. The van der Waals surface area contributed by atoms with E-state index in [0.717, 1.165) is 25.7 Å². The van der Waals surface area contributed by atoms with E-state index >= 15 is 0 Å². The van der Waals surface area contributed by atoms with Crippen molar-refractivity contribution in [2.75, 3.05) is 13.2 Å². The van der Waals surface area contributed by atoms with E-state index in [1.54, 1.807) is 11.3 Å². The maximum absolute atomic E-state index is 11.9. The molecule has 1 saturated carbocycles. The number of carbonyl (C=O) groups is 1. The molecule has 0 bridgehead atoms. The highest BCUT2D eigenvalue weighted by Crippen LogP contribution is 2.24. The molecule has 1 aromatic heterocycles. The standard InChI is InChI=1S/C15H24N2O2S/c1-11(13-6-7-20-10-13)8-16-15(19)17-14-5-3-2-4-12(14)9-18/h6-7,10-12,14,18H,2-5,8-9H2,1H3,(H2,16,17,19)/t11-,12+,14-/m1/s1. The summed E-state index contributed by atoms with van der Waals surface area (Å²) < 4.78 is 0. The van der Waals surface area contributed by atoms with Gasteiger partial charge in [0.15, 0.2) is 0 Å². The first-order valence-corrected chi connectivity index (χ1v) is 8.32. The van der Waals surface area contributed by atoms with Crippen LogP contribution in [0.25, 0.3) is 0 Å². The normalized spacial score (nSPS) is 24.1. The van der Waals surface area contributed by atoms with Gasteiger partial charge in [-0.15, -0.1) is 0 Å². The van der Waals surface area contributed by atoms with E-state index in [9.17, 15) is 9.90 Å². The maximum Gasteiger partial charge on any atom is 0.315 e. The Morgan fingerprint density at radius 3 is 3.00 bits per heavy atom. The molecule has 0 aliphatic heterocycles. The fraction of sp³-hybridized carbons (Fsp3) is 0.667. The van der Waals surface area contributed by atoms with E-state index in [1.165, 1.54) is 5.56 Å². The van der Waals surface area contributed by atoms with Crippen LogP contribution in [0, 0.1) is 5.92 Å². The van der Waals surface area contributed by atoms with Gasteiger partial charge in [0, 0.05) is 25.1 Å². The van der Waals surface area contributed by atoms with E-state index in [2.05, 4.69) is 34.4 Å². The molecular weight excluding hydrogens is 272 g/mol. The Bertz CT molecular complexity index is 408. The summed E-state index contributed by atoms with van der Waals surface area (Å²) in [6.07, 6.45) is 4.26. The number of rotatable bonds is 5. The van der Waals surface area contributed by atoms with Crippen molar-refractivity contribution in [1.29, 1.82) is 0 Å². The number of nitrogens with one attached hydrogen (secondary N) is 2. The second-order valence-electron chi connectivity index (χ2n) is 5.65. The summed E-state index contributed by atoms with van der Waals surface area (Å²) in [6, 6.07) is 2.10. The minimum absolute atomic E-state index is 0.113. The van der Waals surface area contributed by atoms with Gasteiger partial charge >= 0.3 is 6.03 Å². The van der Waals surface area contributed by atoms with Crippen molar-refractivity contribution in [3.63, 3.8) is 0 Å². The van der Waals surface area contributed by atoms with E-state index in [0.29, 0.717) is 12.5 Å². The summed E-state index contributed by atoms with van der Waals surface area (Å²) >= 11 is 1.68. The predicted molar refractivity (Wildman–Crippen MR) is 82.1 cm³/mol. The highest BCUT2D eigenvalue weighted by molar-refractivity contribution is 7.07. The lowest BCUT2D eigenvalue weighted by Gasteiger charge is -2.31. The number of urea groups is 1. The van der Waals surface area contributed by atoms with Gasteiger partial charge < -0.3 is 15.7 Å². The molecule has 1 aliphatic rings. The molecule has 1 heterocycles. The molecule has 3 atom stereocenters. The molecule has 112 valence electrons. The summed E-state index contributed by atoms with van der Waals surface area (Å²) in [7, 11) is 0. The van der Waals surface area contributed by atoms with Crippen LogP contribution in [0.15, 0.2) is 16.8 Å². The SMILES string of the molecule is C[C@H](CNC(=O)N[C@@H]1CCCC[C@H]1CO)c1ccsc1. The predicted octanol–water partition coefficient (Wildman–Crippen LogP) is 2.70. The van der Waals surface area contributed by atoms with Gasteiger partial charge in [0.2, 0.25) is 0 Å². The van der Waals surface area contributed by atoms with Gasteiger partial charge in [0.05, 0.1) is 0 Å². The molecule has 1 aliphatic carbocycles. The number of hydrogen-bond donors (Lipinski definition) is 3. The lowest BCUT2D eigenvalue weighted by molar-refractivity contribution is 0.153. The van der Waals surface area contributed by atoms with Crippen molar-refractivity contribution in [2.45, 2.75) is 44.6 Å². The number of hydrogen-bond acceptors (Lipinski definition) is 3. The van der Waals surface area contributed by atoms with Crippen LogP contribution in [-0.4, -0.2) is 30.3 Å². The van der Waals surface area contributed by atoms with Crippen molar-refractivity contribution in [1.82, 2.24) is 10.6 Å². The Kier molecular flexibility index (Phi) is 5.86. The minimum Gasteiger partial charge on any atom is -0.396 e. The van der Waals surface area contributed by atoms with Crippen LogP contribution >= 0.6 is 11.3 Å². The van der Waals surface area contributed by atoms with E-state index in [-0.39, 0.29) is 24.6 Å². The van der Waals surface area contributed by atoms with Gasteiger partial charge in [-0.05, 0) is 41.1 Å². The van der Waals surface area contributed by atoms with Gasteiger partial charge in [-0.3, -0.25) is 0 Å². The van der Waals surface area contributed by atoms with Crippen LogP contribution in [0.2, 0.25) is 0 Å². The molecule has 1 aromatic rings. The van der Waals surface area contributed by atoms with Gasteiger partial charge in [-0.1, -0.05) is 19.8 Å². The summed E-state index contributed by atoms with van der Waals surface area (Å²) in [5.74, 6) is 0.538. The average Bonchev–Trinajstić information content (AvgIpc) is 2.99. The van der Waals surface area contributed by atoms with Crippen molar-refractivity contribution in [2.24, 2.45) is 5.92 Å². The third-order valence-corrected chi connectivity index (χ3v) is 4.84. The smallest absolute Gasteiger partial charge is 0.315 e. The Morgan fingerprint density at radius 1 is 1.50 bits per heavy atom. The molecular formula is C15H24N2O2S. The third kappa shape index (κ3) is 4.21. The van der Waals surface area contributed by atoms with Gasteiger partial charge in [0.1, 0.15) is 0 Å². The Hall–Kier alpha value is -1.07. The lowest BCUT2D eigenvalue weighted by Crippen LogP contribution is -2.48. The van der Waals surface area contributed by atoms with Crippen LogP contribution in [0.4, 0.5) is 4.79 Å². The van der Waals surface area contributed by atoms with Gasteiger partial charge in [-0.25, -0.2) is 4.79 Å². The summed E-state index contributed by atoms with van der Waals surface area (Å²) in [5, 5.41) is 19.5. The Balaban J connectivity index is 1.74. The molecule has 1 fully saturated rings. The zero-order valence-corrected chi connectivity index (χ0v) is 12.8. The monoisotopic (exact) mass is 296 g/mol. The van der Waals surface area contributed by atoms with Crippen LogP contribution in [0.3, 0.4) is 0 Å².